The SMILES string of the molecule is OC(CNCC1CCCS1)CN1CCOCC1. The molecule has 0 radical (unpaired) electrons. The van der Waals surface area contributed by atoms with Gasteiger partial charge in [0.15, 0.2) is 0 Å². The standard InChI is InChI=1S/C12H24N2O2S/c15-11(10-14-3-5-16-6-4-14)8-13-9-12-2-1-7-17-12/h11-13,15H,1-10H2. The molecule has 2 aliphatic heterocycles. The van der Waals surface area contributed by atoms with Crippen LogP contribution >= 0.6 is 11.8 Å². The van der Waals surface area contributed by atoms with Crippen molar-refractivity contribution in [3.63, 3.8) is 0 Å². The molecule has 2 heterocycles. The fourth-order valence-corrected chi connectivity index (χ4v) is 3.60. The molecule has 0 saturated carbocycles. The lowest BCUT2D eigenvalue weighted by Crippen LogP contribution is -2.44. The summed E-state index contributed by atoms with van der Waals surface area (Å²) in [5, 5.41) is 14.1. The van der Waals surface area contributed by atoms with Gasteiger partial charge in [-0.1, -0.05) is 0 Å². The fourth-order valence-electron chi connectivity index (χ4n) is 2.36. The van der Waals surface area contributed by atoms with E-state index in [9.17, 15) is 5.11 Å². The minimum absolute atomic E-state index is 0.250. The van der Waals surface area contributed by atoms with Gasteiger partial charge in [0.2, 0.25) is 0 Å². The van der Waals surface area contributed by atoms with Crippen molar-refractivity contribution in [3.8, 4) is 0 Å². The Balaban J connectivity index is 1.52. The molecule has 2 fully saturated rings. The Morgan fingerprint density at radius 1 is 1.41 bits per heavy atom. The zero-order valence-corrected chi connectivity index (χ0v) is 11.3. The Morgan fingerprint density at radius 3 is 2.94 bits per heavy atom. The molecule has 17 heavy (non-hydrogen) atoms. The van der Waals surface area contributed by atoms with Gasteiger partial charge in [0.05, 0.1) is 19.3 Å². The van der Waals surface area contributed by atoms with Crippen LogP contribution in [0.3, 0.4) is 0 Å². The second-order valence-corrected chi connectivity index (χ2v) is 6.27. The van der Waals surface area contributed by atoms with Gasteiger partial charge in [-0.05, 0) is 18.6 Å². The van der Waals surface area contributed by atoms with Gasteiger partial charge < -0.3 is 15.2 Å². The molecule has 0 aliphatic carbocycles. The van der Waals surface area contributed by atoms with Gasteiger partial charge in [-0.3, -0.25) is 4.90 Å². The minimum atomic E-state index is -0.250. The zero-order chi connectivity index (χ0) is 11.9. The highest BCUT2D eigenvalue weighted by Crippen LogP contribution is 2.25. The van der Waals surface area contributed by atoms with E-state index in [0.29, 0.717) is 6.54 Å². The van der Waals surface area contributed by atoms with Crippen LogP contribution in [0.1, 0.15) is 12.8 Å². The van der Waals surface area contributed by atoms with Gasteiger partial charge in [-0.2, -0.15) is 11.8 Å². The Labute approximate surface area is 108 Å². The Kier molecular flexibility index (Phi) is 6.08. The number of aliphatic hydroxyl groups excluding tert-OH is 1. The van der Waals surface area contributed by atoms with E-state index in [4.69, 9.17) is 4.74 Å². The number of nitrogens with one attached hydrogen (secondary N) is 1. The number of hydrogen-bond acceptors (Lipinski definition) is 5. The number of aliphatic hydroxyl groups is 1. The first-order chi connectivity index (χ1) is 8.34. The lowest BCUT2D eigenvalue weighted by Gasteiger charge is -2.28. The first-order valence-electron chi connectivity index (χ1n) is 6.65. The topological polar surface area (TPSA) is 44.7 Å². The first kappa shape index (κ1) is 13.6. The lowest BCUT2D eigenvalue weighted by molar-refractivity contribution is 0.0150. The quantitative estimate of drug-likeness (QED) is 0.712. The van der Waals surface area contributed by atoms with Gasteiger partial charge in [-0.25, -0.2) is 0 Å². The van der Waals surface area contributed by atoms with Crippen LogP contribution in [0.15, 0.2) is 0 Å². The third-order valence-corrected chi connectivity index (χ3v) is 4.75. The average Bonchev–Trinajstić information content (AvgIpc) is 2.83. The molecule has 2 rings (SSSR count). The highest BCUT2D eigenvalue weighted by atomic mass is 32.2. The Hall–Kier alpha value is 0.190. The maximum Gasteiger partial charge on any atom is 0.0791 e. The van der Waals surface area contributed by atoms with Crippen molar-refractivity contribution >= 4 is 11.8 Å². The number of thioether (sulfide) groups is 1. The van der Waals surface area contributed by atoms with Crippen molar-refractivity contribution in [1.29, 1.82) is 0 Å². The average molecular weight is 260 g/mol. The molecule has 0 aromatic carbocycles. The molecule has 2 unspecified atom stereocenters. The van der Waals surface area contributed by atoms with Crippen LogP contribution in [0.25, 0.3) is 0 Å². The summed E-state index contributed by atoms with van der Waals surface area (Å²) < 4.78 is 5.29. The number of hydrogen-bond donors (Lipinski definition) is 2. The number of ether oxygens (including phenoxy) is 1. The summed E-state index contributed by atoms with van der Waals surface area (Å²) in [5.41, 5.74) is 0. The van der Waals surface area contributed by atoms with Gasteiger partial charge in [-0.15, -0.1) is 0 Å². The molecule has 0 bridgehead atoms. The maximum atomic E-state index is 9.92. The summed E-state index contributed by atoms with van der Waals surface area (Å²) in [6.07, 6.45) is 2.43. The molecule has 5 heteroatoms. The van der Waals surface area contributed by atoms with Crippen molar-refractivity contribution in [2.24, 2.45) is 0 Å². The lowest BCUT2D eigenvalue weighted by atomic mass is 10.2. The predicted molar refractivity (Wildman–Crippen MR) is 71.6 cm³/mol. The van der Waals surface area contributed by atoms with Gasteiger partial charge in [0.25, 0.3) is 0 Å². The van der Waals surface area contributed by atoms with Crippen LogP contribution in [0.5, 0.6) is 0 Å². The van der Waals surface area contributed by atoms with Crippen LogP contribution in [-0.4, -0.2) is 73.1 Å². The molecular weight excluding hydrogens is 236 g/mol. The summed E-state index contributed by atoms with van der Waals surface area (Å²) in [5.74, 6) is 1.31. The summed E-state index contributed by atoms with van der Waals surface area (Å²) in [6.45, 7) is 6.05. The van der Waals surface area contributed by atoms with Crippen molar-refractivity contribution in [1.82, 2.24) is 10.2 Å². The van der Waals surface area contributed by atoms with Crippen molar-refractivity contribution in [2.75, 3.05) is 51.7 Å². The summed E-state index contributed by atoms with van der Waals surface area (Å²) in [6, 6.07) is 0. The van der Waals surface area contributed by atoms with E-state index in [1.54, 1.807) is 0 Å². The molecule has 2 atom stereocenters. The largest absolute Gasteiger partial charge is 0.390 e. The van der Waals surface area contributed by atoms with Gasteiger partial charge in [0.1, 0.15) is 0 Å². The molecule has 0 spiro atoms. The van der Waals surface area contributed by atoms with Crippen LogP contribution < -0.4 is 5.32 Å². The van der Waals surface area contributed by atoms with E-state index in [-0.39, 0.29) is 6.10 Å². The minimum Gasteiger partial charge on any atom is -0.390 e. The monoisotopic (exact) mass is 260 g/mol. The van der Waals surface area contributed by atoms with Crippen LogP contribution in [0, 0.1) is 0 Å². The molecule has 2 saturated heterocycles. The molecule has 0 aromatic heterocycles. The van der Waals surface area contributed by atoms with Crippen molar-refractivity contribution in [3.05, 3.63) is 0 Å². The van der Waals surface area contributed by atoms with Gasteiger partial charge in [0, 0.05) is 38.0 Å². The molecule has 0 amide bonds. The first-order valence-corrected chi connectivity index (χ1v) is 7.70. The molecule has 4 nitrogen and oxygen atoms in total. The second-order valence-electron chi connectivity index (χ2n) is 4.86. The summed E-state index contributed by atoms with van der Waals surface area (Å²) in [4.78, 5) is 2.28. The predicted octanol–water partition coefficient (Wildman–Crippen LogP) is 0.165. The van der Waals surface area contributed by atoms with Gasteiger partial charge >= 0.3 is 0 Å². The highest BCUT2D eigenvalue weighted by molar-refractivity contribution is 8.00. The third kappa shape index (κ3) is 5.14. The molecule has 2 N–H and O–H groups in total. The number of rotatable bonds is 6. The van der Waals surface area contributed by atoms with Crippen LogP contribution in [0.4, 0.5) is 0 Å². The van der Waals surface area contributed by atoms with E-state index in [1.165, 1.54) is 18.6 Å². The van der Waals surface area contributed by atoms with E-state index in [0.717, 1.165) is 44.6 Å². The second kappa shape index (κ2) is 7.59. The fraction of sp³-hybridized carbons (Fsp3) is 1.00. The van der Waals surface area contributed by atoms with Crippen molar-refractivity contribution < 1.29 is 9.84 Å². The van der Waals surface area contributed by atoms with E-state index in [2.05, 4.69) is 22.0 Å². The van der Waals surface area contributed by atoms with Crippen molar-refractivity contribution in [2.45, 2.75) is 24.2 Å². The highest BCUT2D eigenvalue weighted by Gasteiger charge is 2.17. The van der Waals surface area contributed by atoms with E-state index in [1.807, 2.05) is 0 Å². The third-order valence-electron chi connectivity index (χ3n) is 3.35. The van der Waals surface area contributed by atoms with Crippen LogP contribution in [0.2, 0.25) is 0 Å². The Morgan fingerprint density at radius 2 is 2.24 bits per heavy atom. The molecule has 100 valence electrons. The summed E-state index contributed by atoms with van der Waals surface area (Å²) in [7, 11) is 0. The Bertz CT molecular complexity index is 207. The van der Waals surface area contributed by atoms with Crippen LogP contribution in [-0.2, 0) is 4.74 Å². The molecular formula is C12H24N2O2S. The molecule has 0 aromatic rings. The number of nitrogens with zero attached hydrogens (tertiary/aromatic N) is 1. The normalized spacial score (nSPS) is 28.4. The number of β-amino-alcohol motifs (C(OH)–C–C–N with tert-alkyl or cyclic N) is 1. The summed E-state index contributed by atoms with van der Waals surface area (Å²) >= 11 is 2.06. The maximum absolute atomic E-state index is 9.92. The zero-order valence-electron chi connectivity index (χ0n) is 10.4. The molecule has 2 aliphatic rings. The van der Waals surface area contributed by atoms with E-state index < -0.39 is 0 Å². The van der Waals surface area contributed by atoms with E-state index >= 15 is 0 Å². The number of morpholine rings is 1. The smallest absolute Gasteiger partial charge is 0.0791 e.